The van der Waals surface area contributed by atoms with E-state index in [1.807, 2.05) is 33.0 Å². The van der Waals surface area contributed by atoms with Crippen LogP contribution >= 0.6 is 0 Å². The predicted molar refractivity (Wildman–Crippen MR) is 59.7 cm³/mol. The predicted octanol–water partition coefficient (Wildman–Crippen LogP) is 2.21. The summed E-state index contributed by atoms with van der Waals surface area (Å²) in [5.74, 6) is 0.873. The van der Waals surface area contributed by atoms with Crippen molar-refractivity contribution in [2.45, 2.75) is 44.8 Å². The van der Waals surface area contributed by atoms with Gasteiger partial charge in [-0.3, -0.25) is 4.98 Å². The second kappa shape index (κ2) is 3.20. The highest BCUT2D eigenvalue weighted by Gasteiger charge is 2.42. The minimum atomic E-state index is -0.193. The van der Waals surface area contributed by atoms with E-state index in [4.69, 9.17) is 10.5 Å². The van der Waals surface area contributed by atoms with Gasteiger partial charge in [-0.15, -0.1) is 0 Å². The van der Waals surface area contributed by atoms with Crippen molar-refractivity contribution in [3.8, 4) is 5.75 Å². The summed E-state index contributed by atoms with van der Waals surface area (Å²) in [6, 6.07) is 1.90. The molecule has 1 saturated carbocycles. The zero-order valence-electron chi connectivity index (χ0n) is 9.58. The van der Waals surface area contributed by atoms with Gasteiger partial charge in [-0.05, 0) is 39.7 Å². The summed E-state index contributed by atoms with van der Waals surface area (Å²) >= 11 is 0. The molecule has 3 heteroatoms. The second-order valence-electron chi connectivity index (χ2n) is 5.24. The number of ether oxygens (including phenoxy) is 1. The van der Waals surface area contributed by atoms with Crippen LogP contribution in [0, 0.1) is 0 Å². The van der Waals surface area contributed by atoms with E-state index >= 15 is 0 Å². The summed E-state index contributed by atoms with van der Waals surface area (Å²) in [6.45, 7) is 6.11. The van der Waals surface area contributed by atoms with Gasteiger partial charge in [-0.25, -0.2) is 0 Å². The van der Waals surface area contributed by atoms with Gasteiger partial charge < -0.3 is 10.5 Å². The van der Waals surface area contributed by atoms with Crippen molar-refractivity contribution >= 4 is 0 Å². The monoisotopic (exact) mass is 206 g/mol. The molecule has 0 aromatic carbocycles. The molecule has 1 aliphatic rings. The van der Waals surface area contributed by atoms with Gasteiger partial charge in [-0.1, -0.05) is 0 Å². The molecule has 0 aliphatic heterocycles. The Morgan fingerprint density at radius 2 is 2.07 bits per heavy atom. The molecular formula is C12H18N2O. The molecule has 1 aromatic heterocycles. The van der Waals surface area contributed by atoms with E-state index < -0.39 is 0 Å². The molecule has 2 rings (SSSR count). The molecule has 82 valence electrons. The van der Waals surface area contributed by atoms with Crippen LogP contribution in [0.25, 0.3) is 0 Å². The van der Waals surface area contributed by atoms with E-state index in [2.05, 4.69) is 4.98 Å². The topological polar surface area (TPSA) is 48.1 Å². The lowest BCUT2D eigenvalue weighted by atomic mass is 10.1. The molecule has 3 nitrogen and oxygen atoms in total. The first-order valence-electron chi connectivity index (χ1n) is 5.33. The van der Waals surface area contributed by atoms with Gasteiger partial charge in [0.1, 0.15) is 11.4 Å². The van der Waals surface area contributed by atoms with Crippen molar-refractivity contribution in [3.63, 3.8) is 0 Å². The molecule has 0 bridgehead atoms. The first-order valence-corrected chi connectivity index (χ1v) is 5.33. The van der Waals surface area contributed by atoms with Gasteiger partial charge in [0.05, 0.1) is 0 Å². The van der Waals surface area contributed by atoms with Gasteiger partial charge in [0.15, 0.2) is 0 Å². The van der Waals surface area contributed by atoms with Crippen molar-refractivity contribution in [3.05, 3.63) is 24.0 Å². The molecule has 0 atom stereocenters. The average molecular weight is 206 g/mol. The van der Waals surface area contributed by atoms with Crippen LogP contribution in [0.2, 0.25) is 0 Å². The molecule has 15 heavy (non-hydrogen) atoms. The van der Waals surface area contributed by atoms with Crippen molar-refractivity contribution in [1.82, 2.24) is 4.98 Å². The number of nitrogens with two attached hydrogens (primary N) is 1. The number of hydrogen-bond donors (Lipinski definition) is 1. The molecule has 2 N–H and O–H groups in total. The Morgan fingerprint density at radius 1 is 1.40 bits per heavy atom. The number of rotatable bonds is 2. The van der Waals surface area contributed by atoms with Gasteiger partial charge in [0.25, 0.3) is 0 Å². The molecule has 0 radical (unpaired) electrons. The fraction of sp³-hybridized carbons (Fsp3) is 0.583. The van der Waals surface area contributed by atoms with Crippen molar-refractivity contribution in [2.75, 3.05) is 0 Å². The highest BCUT2D eigenvalue weighted by molar-refractivity contribution is 5.40. The molecule has 1 aliphatic carbocycles. The summed E-state index contributed by atoms with van der Waals surface area (Å²) in [5, 5.41) is 0. The smallest absolute Gasteiger partial charge is 0.128 e. The molecule has 1 fully saturated rings. The van der Waals surface area contributed by atoms with Crippen LogP contribution in [0.3, 0.4) is 0 Å². The second-order valence-corrected chi connectivity index (χ2v) is 5.24. The third-order valence-corrected chi connectivity index (χ3v) is 2.52. The zero-order valence-corrected chi connectivity index (χ0v) is 9.58. The van der Waals surface area contributed by atoms with E-state index in [-0.39, 0.29) is 11.1 Å². The molecular weight excluding hydrogens is 188 g/mol. The minimum Gasteiger partial charge on any atom is -0.488 e. The Labute approximate surface area is 90.7 Å². The maximum Gasteiger partial charge on any atom is 0.128 e. The van der Waals surface area contributed by atoms with Crippen molar-refractivity contribution < 1.29 is 4.74 Å². The first-order chi connectivity index (χ1) is 6.91. The van der Waals surface area contributed by atoms with E-state index in [0.717, 1.165) is 24.2 Å². The Bertz CT molecular complexity index is 364. The van der Waals surface area contributed by atoms with E-state index in [1.54, 1.807) is 6.20 Å². The fourth-order valence-electron chi connectivity index (χ4n) is 1.58. The third-order valence-electron chi connectivity index (χ3n) is 2.52. The van der Waals surface area contributed by atoms with Gasteiger partial charge in [0, 0.05) is 23.5 Å². The molecule has 0 saturated heterocycles. The third kappa shape index (κ3) is 2.29. The fourth-order valence-corrected chi connectivity index (χ4v) is 1.58. The lowest BCUT2D eigenvalue weighted by molar-refractivity contribution is 0.128. The number of pyridine rings is 1. The highest BCUT2D eigenvalue weighted by atomic mass is 16.5. The molecule has 0 unspecified atom stereocenters. The van der Waals surface area contributed by atoms with Gasteiger partial charge in [0.2, 0.25) is 0 Å². The molecule has 1 heterocycles. The van der Waals surface area contributed by atoms with Crippen LogP contribution in [0.1, 0.15) is 39.2 Å². The number of aromatic nitrogens is 1. The SMILES string of the molecule is CC(C)(C)Oc1ccncc1C1(N)CC1. The van der Waals surface area contributed by atoms with Crippen molar-refractivity contribution in [1.29, 1.82) is 0 Å². The molecule has 0 amide bonds. The Hall–Kier alpha value is -1.09. The molecule has 1 aromatic rings. The summed E-state index contributed by atoms with van der Waals surface area (Å²) in [7, 11) is 0. The van der Waals surface area contributed by atoms with E-state index in [1.165, 1.54) is 0 Å². The maximum absolute atomic E-state index is 6.17. The van der Waals surface area contributed by atoms with E-state index in [9.17, 15) is 0 Å². The summed E-state index contributed by atoms with van der Waals surface area (Å²) < 4.78 is 5.88. The van der Waals surface area contributed by atoms with Crippen LogP contribution in [-0.4, -0.2) is 10.6 Å². The zero-order chi connectivity index (χ0) is 11.1. The summed E-state index contributed by atoms with van der Waals surface area (Å²) in [4.78, 5) is 4.12. The Morgan fingerprint density at radius 3 is 2.60 bits per heavy atom. The Balaban J connectivity index is 2.31. The maximum atomic E-state index is 6.17. The van der Waals surface area contributed by atoms with Crippen LogP contribution in [0.5, 0.6) is 5.75 Å². The summed E-state index contributed by atoms with van der Waals surface area (Å²) in [5.41, 5.74) is 6.83. The van der Waals surface area contributed by atoms with E-state index in [0.29, 0.717) is 0 Å². The minimum absolute atomic E-state index is 0.186. The van der Waals surface area contributed by atoms with Gasteiger partial charge >= 0.3 is 0 Å². The first kappa shape index (κ1) is 10.4. The lowest BCUT2D eigenvalue weighted by Gasteiger charge is -2.24. The van der Waals surface area contributed by atoms with Crippen LogP contribution in [0.15, 0.2) is 18.5 Å². The van der Waals surface area contributed by atoms with Gasteiger partial charge in [-0.2, -0.15) is 0 Å². The van der Waals surface area contributed by atoms with Crippen LogP contribution in [-0.2, 0) is 5.54 Å². The number of nitrogens with zero attached hydrogens (tertiary/aromatic N) is 1. The standard InChI is InChI=1S/C12H18N2O/c1-11(2,3)15-10-4-7-14-8-9(10)12(13)5-6-12/h4,7-8H,5-6,13H2,1-3H3. The highest BCUT2D eigenvalue weighted by Crippen LogP contribution is 2.46. The normalized spacial score (nSPS) is 18.7. The quantitative estimate of drug-likeness (QED) is 0.807. The number of hydrogen-bond acceptors (Lipinski definition) is 3. The summed E-state index contributed by atoms with van der Waals surface area (Å²) in [6.07, 6.45) is 5.63. The largest absolute Gasteiger partial charge is 0.488 e. The molecule has 0 spiro atoms. The van der Waals surface area contributed by atoms with Crippen molar-refractivity contribution in [2.24, 2.45) is 5.73 Å². The average Bonchev–Trinajstić information content (AvgIpc) is 2.83. The lowest BCUT2D eigenvalue weighted by Crippen LogP contribution is -2.26. The Kier molecular flexibility index (Phi) is 2.23. The van der Waals surface area contributed by atoms with Crippen LogP contribution < -0.4 is 10.5 Å². The van der Waals surface area contributed by atoms with Crippen LogP contribution in [0.4, 0.5) is 0 Å².